The number of nitrogens with zero attached hydrogens (tertiary/aromatic N) is 1. The molecule has 2 N–H and O–H groups in total. The second-order valence-corrected chi connectivity index (χ2v) is 7.40. The molecule has 0 aromatic heterocycles. The van der Waals surface area contributed by atoms with Gasteiger partial charge in [0.1, 0.15) is 0 Å². The van der Waals surface area contributed by atoms with Crippen molar-refractivity contribution < 1.29 is 19.4 Å². The van der Waals surface area contributed by atoms with E-state index in [2.05, 4.69) is 5.32 Å². The number of rotatable bonds is 3. The van der Waals surface area contributed by atoms with E-state index in [0.717, 1.165) is 11.3 Å². The van der Waals surface area contributed by atoms with Crippen LogP contribution in [0.4, 0.5) is 4.79 Å². The summed E-state index contributed by atoms with van der Waals surface area (Å²) in [6, 6.07) is 4.17. The van der Waals surface area contributed by atoms with Crippen molar-refractivity contribution in [2.75, 3.05) is 13.7 Å². The van der Waals surface area contributed by atoms with Crippen molar-refractivity contribution in [3.05, 3.63) is 35.0 Å². The first-order chi connectivity index (χ1) is 11.7. The zero-order valence-corrected chi connectivity index (χ0v) is 15.0. The minimum atomic E-state index is -0.526. The van der Waals surface area contributed by atoms with Gasteiger partial charge in [0.25, 0.3) is 0 Å². The SMILES string of the molecule is CCOc1cc([C@H]2NC(=O)N(C)C3=C2C(=O)CC(C)(C)C3)ccc1O. The fourth-order valence-electron chi connectivity index (χ4n) is 3.58. The topological polar surface area (TPSA) is 78.9 Å². The summed E-state index contributed by atoms with van der Waals surface area (Å²) in [5.74, 6) is 0.434. The van der Waals surface area contributed by atoms with Gasteiger partial charge >= 0.3 is 6.03 Å². The summed E-state index contributed by atoms with van der Waals surface area (Å²) >= 11 is 0. The van der Waals surface area contributed by atoms with Crippen LogP contribution in [0.15, 0.2) is 29.5 Å². The number of phenolic OH excluding ortho intramolecular Hbond substituents is 1. The maximum absolute atomic E-state index is 12.8. The van der Waals surface area contributed by atoms with Gasteiger partial charge in [-0.05, 0) is 36.5 Å². The van der Waals surface area contributed by atoms with Gasteiger partial charge in [-0.15, -0.1) is 0 Å². The number of urea groups is 1. The molecule has 1 heterocycles. The Bertz CT molecular complexity index is 767. The Morgan fingerprint density at radius 1 is 1.32 bits per heavy atom. The first-order valence-electron chi connectivity index (χ1n) is 8.49. The van der Waals surface area contributed by atoms with Crippen LogP contribution in [0.2, 0.25) is 0 Å². The van der Waals surface area contributed by atoms with Gasteiger partial charge in [-0.25, -0.2) is 4.79 Å². The predicted octanol–water partition coefficient (Wildman–Crippen LogP) is 3.13. The highest BCUT2D eigenvalue weighted by Gasteiger charge is 2.42. The second kappa shape index (κ2) is 6.10. The average molecular weight is 344 g/mol. The minimum absolute atomic E-state index is 0.0372. The van der Waals surface area contributed by atoms with E-state index in [1.807, 2.05) is 20.8 Å². The highest BCUT2D eigenvalue weighted by atomic mass is 16.5. The number of hydrogen-bond acceptors (Lipinski definition) is 4. The van der Waals surface area contributed by atoms with Crippen LogP contribution in [0.3, 0.4) is 0 Å². The molecule has 6 nitrogen and oxygen atoms in total. The van der Waals surface area contributed by atoms with Crippen LogP contribution >= 0.6 is 0 Å². The zero-order chi connectivity index (χ0) is 18.4. The summed E-state index contributed by atoms with van der Waals surface area (Å²) in [7, 11) is 1.69. The highest BCUT2D eigenvalue weighted by molar-refractivity contribution is 6.01. The fraction of sp³-hybridized carbons (Fsp3) is 0.474. The molecule has 1 aliphatic heterocycles. The van der Waals surface area contributed by atoms with Crippen molar-refractivity contribution >= 4 is 11.8 Å². The molecule has 1 atom stereocenters. The fourth-order valence-corrected chi connectivity index (χ4v) is 3.58. The van der Waals surface area contributed by atoms with Crippen LogP contribution < -0.4 is 10.1 Å². The Hall–Kier alpha value is -2.50. The van der Waals surface area contributed by atoms with Crippen LogP contribution in [0.5, 0.6) is 11.5 Å². The van der Waals surface area contributed by atoms with Gasteiger partial charge in [0.2, 0.25) is 0 Å². The molecule has 25 heavy (non-hydrogen) atoms. The summed E-state index contributed by atoms with van der Waals surface area (Å²) in [6.45, 7) is 6.32. The van der Waals surface area contributed by atoms with Crippen LogP contribution in [-0.2, 0) is 4.79 Å². The molecule has 0 saturated heterocycles. The number of amides is 2. The minimum Gasteiger partial charge on any atom is -0.504 e. The van der Waals surface area contributed by atoms with Gasteiger partial charge in [0.05, 0.1) is 12.6 Å². The third-order valence-electron chi connectivity index (χ3n) is 4.78. The standard InChI is InChI=1S/C19H24N2O4/c1-5-25-15-8-11(6-7-13(15)22)17-16-12(21(4)18(24)20-17)9-19(2,3)10-14(16)23/h6-8,17,22H,5,9-10H2,1-4H3,(H,20,24)/t17-/m1/s1. The number of nitrogens with one attached hydrogen (secondary N) is 1. The Labute approximate surface area is 147 Å². The van der Waals surface area contributed by atoms with Gasteiger partial charge in [0.15, 0.2) is 17.3 Å². The lowest BCUT2D eigenvalue weighted by molar-refractivity contribution is -0.118. The lowest BCUT2D eigenvalue weighted by Gasteiger charge is -2.42. The number of Topliss-reactive ketones (excluding diaryl/α,β-unsaturated/α-hetero) is 1. The van der Waals surface area contributed by atoms with Crippen molar-refractivity contribution in [3.63, 3.8) is 0 Å². The van der Waals surface area contributed by atoms with Crippen molar-refractivity contribution in [3.8, 4) is 11.5 Å². The molecule has 0 fully saturated rings. The summed E-state index contributed by atoms with van der Waals surface area (Å²) < 4.78 is 5.44. The van der Waals surface area contributed by atoms with Crippen LogP contribution in [0.1, 0.15) is 45.2 Å². The maximum atomic E-state index is 12.8. The van der Waals surface area contributed by atoms with Crippen molar-refractivity contribution in [1.82, 2.24) is 10.2 Å². The van der Waals surface area contributed by atoms with Crippen LogP contribution in [0, 0.1) is 5.41 Å². The number of aromatic hydroxyl groups is 1. The van der Waals surface area contributed by atoms with E-state index in [9.17, 15) is 14.7 Å². The molecule has 2 aliphatic rings. The van der Waals surface area contributed by atoms with Gasteiger partial charge in [-0.2, -0.15) is 0 Å². The number of ketones is 1. The average Bonchev–Trinajstić information content (AvgIpc) is 2.52. The molecule has 0 spiro atoms. The van der Waals surface area contributed by atoms with E-state index in [0.29, 0.717) is 30.8 Å². The molecule has 3 rings (SSSR count). The number of carbonyl (C=O) groups is 2. The quantitative estimate of drug-likeness (QED) is 0.883. The van der Waals surface area contributed by atoms with Crippen LogP contribution in [0.25, 0.3) is 0 Å². The van der Waals surface area contributed by atoms with E-state index in [-0.39, 0.29) is 23.0 Å². The molecule has 6 heteroatoms. The Balaban J connectivity index is 2.10. The molecule has 2 amide bonds. The Kier molecular flexibility index (Phi) is 4.22. The first-order valence-corrected chi connectivity index (χ1v) is 8.49. The predicted molar refractivity (Wildman–Crippen MR) is 93.4 cm³/mol. The molecular formula is C19H24N2O4. The highest BCUT2D eigenvalue weighted by Crippen LogP contribution is 2.44. The molecule has 1 aromatic carbocycles. The molecule has 1 aromatic rings. The van der Waals surface area contributed by atoms with E-state index in [1.165, 1.54) is 11.0 Å². The summed E-state index contributed by atoms with van der Waals surface area (Å²) in [4.78, 5) is 26.8. The molecule has 1 aliphatic carbocycles. The monoisotopic (exact) mass is 344 g/mol. The Morgan fingerprint density at radius 3 is 2.72 bits per heavy atom. The van der Waals surface area contributed by atoms with Crippen molar-refractivity contribution in [1.29, 1.82) is 0 Å². The molecule has 0 saturated carbocycles. The smallest absolute Gasteiger partial charge is 0.322 e. The lowest BCUT2D eigenvalue weighted by Crippen LogP contribution is -2.49. The largest absolute Gasteiger partial charge is 0.504 e. The third kappa shape index (κ3) is 3.08. The first kappa shape index (κ1) is 17.3. The van der Waals surface area contributed by atoms with Crippen molar-refractivity contribution in [2.45, 2.75) is 39.7 Å². The molecular weight excluding hydrogens is 320 g/mol. The number of benzene rings is 1. The molecule has 134 valence electrons. The van der Waals surface area contributed by atoms with E-state index >= 15 is 0 Å². The second-order valence-electron chi connectivity index (χ2n) is 7.40. The normalized spacial score (nSPS) is 22.6. The van der Waals surface area contributed by atoms with E-state index in [1.54, 1.807) is 19.2 Å². The Morgan fingerprint density at radius 2 is 2.04 bits per heavy atom. The maximum Gasteiger partial charge on any atom is 0.322 e. The van der Waals surface area contributed by atoms with Gasteiger partial charge < -0.3 is 20.1 Å². The van der Waals surface area contributed by atoms with E-state index < -0.39 is 6.04 Å². The number of hydrogen-bond donors (Lipinski definition) is 2. The lowest BCUT2D eigenvalue weighted by atomic mass is 9.72. The van der Waals surface area contributed by atoms with Crippen molar-refractivity contribution in [2.24, 2.45) is 5.41 Å². The number of phenols is 1. The van der Waals surface area contributed by atoms with Gasteiger partial charge in [0, 0.05) is 24.7 Å². The molecule has 0 bridgehead atoms. The van der Waals surface area contributed by atoms with E-state index in [4.69, 9.17) is 4.74 Å². The number of carbonyl (C=O) groups excluding carboxylic acids is 2. The van der Waals surface area contributed by atoms with Crippen LogP contribution in [-0.4, -0.2) is 35.5 Å². The number of allylic oxidation sites excluding steroid dienone is 1. The summed E-state index contributed by atoms with van der Waals surface area (Å²) in [5, 5.41) is 12.8. The number of ether oxygens (including phenoxy) is 1. The summed E-state index contributed by atoms with van der Waals surface area (Å²) in [5.41, 5.74) is 1.97. The molecule has 0 unspecified atom stereocenters. The summed E-state index contributed by atoms with van der Waals surface area (Å²) in [6.07, 6.45) is 1.12. The van der Waals surface area contributed by atoms with Gasteiger partial charge in [-0.1, -0.05) is 19.9 Å². The molecule has 0 radical (unpaired) electrons. The zero-order valence-electron chi connectivity index (χ0n) is 15.0. The third-order valence-corrected chi connectivity index (χ3v) is 4.78. The van der Waals surface area contributed by atoms with Gasteiger partial charge in [-0.3, -0.25) is 4.79 Å².